The highest BCUT2D eigenvalue weighted by Gasteiger charge is 2.17. The number of para-hydroxylation sites is 3. The number of nitrogens with one attached hydrogen (secondary N) is 1. The van der Waals surface area contributed by atoms with E-state index in [1.54, 1.807) is 6.92 Å². The van der Waals surface area contributed by atoms with Crippen molar-refractivity contribution in [2.45, 2.75) is 33.8 Å². The molecule has 0 radical (unpaired) electrons. The second kappa shape index (κ2) is 8.39. The Labute approximate surface area is 143 Å². The molecule has 0 aliphatic heterocycles. The number of hydrogen-bond donors (Lipinski definition) is 1. The van der Waals surface area contributed by atoms with Crippen LogP contribution in [0.15, 0.2) is 48.5 Å². The van der Waals surface area contributed by atoms with Gasteiger partial charge in [-0.25, -0.2) is 0 Å². The molecule has 4 nitrogen and oxygen atoms in total. The Kier molecular flexibility index (Phi) is 6.24. The van der Waals surface area contributed by atoms with Gasteiger partial charge in [-0.3, -0.25) is 4.79 Å². The van der Waals surface area contributed by atoms with E-state index < -0.39 is 6.10 Å². The van der Waals surface area contributed by atoms with Crippen molar-refractivity contribution in [1.29, 1.82) is 0 Å². The van der Waals surface area contributed by atoms with Gasteiger partial charge in [-0.2, -0.15) is 0 Å². The fourth-order valence-corrected chi connectivity index (χ4v) is 2.12. The lowest BCUT2D eigenvalue weighted by Crippen LogP contribution is -2.30. The van der Waals surface area contributed by atoms with Crippen molar-refractivity contribution in [2.75, 3.05) is 11.9 Å². The largest absolute Gasteiger partial charge is 0.491 e. The van der Waals surface area contributed by atoms with Crippen LogP contribution in [-0.2, 0) is 4.79 Å². The monoisotopic (exact) mass is 327 g/mol. The summed E-state index contributed by atoms with van der Waals surface area (Å²) in [6, 6.07) is 15.1. The van der Waals surface area contributed by atoms with E-state index >= 15 is 0 Å². The van der Waals surface area contributed by atoms with Crippen LogP contribution in [0.1, 0.15) is 26.3 Å². The van der Waals surface area contributed by atoms with E-state index in [0.29, 0.717) is 29.7 Å². The van der Waals surface area contributed by atoms with E-state index in [1.165, 1.54) is 0 Å². The van der Waals surface area contributed by atoms with Gasteiger partial charge >= 0.3 is 0 Å². The first-order chi connectivity index (χ1) is 11.5. The number of carbonyl (C=O) groups is 1. The van der Waals surface area contributed by atoms with E-state index in [-0.39, 0.29) is 5.91 Å². The van der Waals surface area contributed by atoms with Crippen LogP contribution in [0.25, 0.3) is 0 Å². The minimum atomic E-state index is -0.607. The molecule has 0 heterocycles. The third-order valence-electron chi connectivity index (χ3n) is 3.48. The van der Waals surface area contributed by atoms with Crippen LogP contribution in [0.5, 0.6) is 11.5 Å². The minimum absolute atomic E-state index is 0.209. The fraction of sp³-hybridized carbons (Fsp3) is 0.350. The topological polar surface area (TPSA) is 47.6 Å². The molecule has 128 valence electrons. The SMILES string of the molecule is Cc1ccccc1OC(C)C(=O)Nc1ccccc1OCC(C)C. The average Bonchev–Trinajstić information content (AvgIpc) is 2.56. The zero-order valence-electron chi connectivity index (χ0n) is 14.7. The Morgan fingerprint density at radius 3 is 2.29 bits per heavy atom. The maximum absolute atomic E-state index is 12.4. The standard InChI is InChI=1S/C20H25NO3/c1-14(2)13-23-19-12-8-6-10-17(19)21-20(22)16(4)24-18-11-7-5-9-15(18)3/h5-12,14,16H,13H2,1-4H3,(H,21,22). The molecule has 1 amide bonds. The van der Waals surface area contributed by atoms with Crippen LogP contribution in [-0.4, -0.2) is 18.6 Å². The summed E-state index contributed by atoms with van der Waals surface area (Å²) >= 11 is 0. The maximum Gasteiger partial charge on any atom is 0.265 e. The summed E-state index contributed by atoms with van der Waals surface area (Å²) in [5, 5.41) is 2.88. The van der Waals surface area contributed by atoms with Crippen LogP contribution >= 0.6 is 0 Å². The molecule has 0 aliphatic carbocycles. The van der Waals surface area contributed by atoms with E-state index in [9.17, 15) is 4.79 Å². The summed E-state index contributed by atoms with van der Waals surface area (Å²) in [7, 11) is 0. The molecule has 2 rings (SSSR count). The molecular weight excluding hydrogens is 302 g/mol. The Morgan fingerprint density at radius 2 is 1.62 bits per heavy atom. The van der Waals surface area contributed by atoms with Gasteiger partial charge in [0, 0.05) is 0 Å². The lowest BCUT2D eigenvalue weighted by atomic mass is 10.2. The van der Waals surface area contributed by atoms with Gasteiger partial charge < -0.3 is 14.8 Å². The van der Waals surface area contributed by atoms with Crippen molar-refractivity contribution >= 4 is 11.6 Å². The van der Waals surface area contributed by atoms with E-state index in [0.717, 1.165) is 5.56 Å². The third-order valence-corrected chi connectivity index (χ3v) is 3.48. The maximum atomic E-state index is 12.4. The van der Waals surface area contributed by atoms with Crippen LogP contribution in [0.3, 0.4) is 0 Å². The number of benzene rings is 2. The second-order valence-corrected chi connectivity index (χ2v) is 6.22. The molecule has 0 spiro atoms. The van der Waals surface area contributed by atoms with Crippen LogP contribution in [0.4, 0.5) is 5.69 Å². The van der Waals surface area contributed by atoms with Crippen molar-refractivity contribution in [2.24, 2.45) is 5.92 Å². The Balaban J connectivity index is 2.02. The Bertz CT molecular complexity index is 682. The van der Waals surface area contributed by atoms with E-state index in [1.807, 2.05) is 55.5 Å². The highest BCUT2D eigenvalue weighted by atomic mass is 16.5. The molecule has 0 aliphatic rings. The predicted octanol–water partition coefficient (Wildman–Crippen LogP) is 4.44. The average molecular weight is 327 g/mol. The zero-order chi connectivity index (χ0) is 17.5. The molecule has 24 heavy (non-hydrogen) atoms. The van der Waals surface area contributed by atoms with Crippen LogP contribution < -0.4 is 14.8 Å². The van der Waals surface area contributed by atoms with Gasteiger partial charge in [0.05, 0.1) is 12.3 Å². The summed E-state index contributed by atoms with van der Waals surface area (Å²) in [5.74, 6) is 1.59. The minimum Gasteiger partial charge on any atom is -0.491 e. The first-order valence-electron chi connectivity index (χ1n) is 8.22. The summed E-state index contributed by atoms with van der Waals surface area (Å²) in [4.78, 5) is 12.4. The van der Waals surface area contributed by atoms with E-state index in [2.05, 4.69) is 19.2 Å². The number of carbonyl (C=O) groups excluding carboxylic acids is 1. The first kappa shape index (κ1) is 17.9. The molecule has 0 aromatic heterocycles. The number of anilines is 1. The molecule has 1 N–H and O–H groups in total. The highest BCUT2D eigenvalue weighted by Crippen LogP contribution is 2.25. The fourth-order valence-electron chi connectivity index (χ4n) is 2.12. The summed E-state index contributed by atoms with van der Waals surface area (Å²) in [6.07, 6.45) is -0.607. The van der Waals surface area contributed by atoms with Crippen LogP contribution in [0, 0.1) is 12.8 Å². The highest BCUT2D eigenvalue weighted by molar-refractivity contribution is 5.95. The zero-order valence-corrected chi connectivity index (χ0v) is 14.7. The van der Waals surface area contributed by atoms with Crippen molar-refractivity contribution in [3.05, 3.63) is 54.1 Å². The Hall–Kier alpha value is -2.49. The third kappa shape index (κ3) is 5.01. The number of hydrogen-bond acceptors (Lipinski definition) is 3. The lowest BCUT2D eigenvalue weighted by Gasteiger charge is -2.18. The van der Waals surface area contributed by atoms with Gasteiger partial charge in [-0.15, -0.1) is 0 Å². The number of aryl methyl sites for hydroxylation is 1. The van der Waals surface area contributed by atoms with Gasteiger partial charge in [0.1, 0.15) is 11.5 Å². The van der Waals surface area contributed by atoms with E-state index in [4.69, 9.17) is 9.47 Å². The normalized spacial score (nSPS) is 11.9. The predicted molar refractivity (Wildman–Crippen MR) is 96.7 cm³/mol. The van der Waals surface area contributed by atoms with Crippen molar-refractivity contribution in [3.63, 3.8) is 0 Å². The Morgan fingerprint density at radius 1 is 1.00 bits per heavy atom. The molecule has 0 bridgehead atoms. The molecule has 0 saturated heterocycles. The summed E-state index contributed by atoms with van der Waals surface area (Å²) in [6.45, 7) is 8.45. The summed E-state index contributed by atoms with van der Waals surface area (Å²) < 4.78 is 11.5. The van der Waals surface area contributed by atoms with Gasteiger partial charge in [-0.05, 0) is 43.5 Å². The van der Waals surface area contributed by atoms with Crippen LogP contribution in [0.2, 0.25) is 0 Å². The molecule has 4 heteroatoms. The van der Waals surface area contributed by atoms with Gasteiger partial charge in [0.15, 0.2) is 6.10 Å². The molecule has 1 atom stereocenters. The van der Waals surface area contributed by atoms with Crippen molar-refractivity contribution in [3.8, 4) is 11.5 Å². The second-order valence-electron chi connectivity index (χ2n) is 6.22. The molecular formula is C20H25NO3. The first-order valence-corrected chi connectivity index (χ1v) is 8.22. The number of amides is 1. The molecule has 0 saturated carbocycles. The number of ether oxygens (including phenoxy) is 2. The molecule has 1 unspecified atom stereocenters. The molecule has 0 fully saturated rings. The van der Waals surface area contributed by atoms with Crippen molar-refractivity contribution in [1.82, 2.24) is 0 Å². The summed E-state index contributed by atoms with van der Waals surface area (Å²) in [5.41, 5.74) is 1.65. The van der Waals surface area contributed by atoms with Gasteiger partial charge in [-0.1, -0.05) is 44.2 Å². The van der Waals surface area contributed by atoms with Crippen molar-refractivity contribution < 1.29 is 14.3 Å². The number of rotatable bonds is 7. The quantitative estimate of drug-likeness (QED) is 0.818. The molecule has 2 aromatic rings. The van der Waals surface area contributed by atoms with Gasteiger partial charge in [0.25, 0.3) is 5.91 Å². The molecule has 2 aromatic carbocycles. The van der Waals surface area contributed by atoms with Gasteiger partial charge in [0.2, 0.25) is 0 Å². The lowest BCUT2D eigenvalue weighted by molar-refractivity contribution is -0.122. The smallest absolute Gasteiger partial charge is 0.265 e.